The number of benzene rings is 1. The monoisotopic (exact) mass is 382 g/mol. The Morgan fingerprint density at radius 1 is 1.11 bits per heavy atom. The SMILES string of the molecule is O=C(O)CNC(=O)C1=C(O)CCN(Cc2ccc(-c3cncnc3)cc2)C1=O. The Labute approximate surface area is 160 Å². The molecule has 144 valence electrons. The third-order valence-corrected chi connectivity index (χ3v) is 4.26. The predicted octanol–water partition coefficient (Wildman–Crippen LogP) is 0.889. The highest BCUT2D eigenvalue weighted by Crippen LogP contribution is 2.22. The van der Waals surface area contributed by atoms with E-state index in [1.165, 1.54) is 11.2 Å². The van der Waals surface area contributed by atoms with Gasteiger partial charge in [-0.05, 0) is 11.1 Å². The van der Waals surface area contributed by atoms with Crippen molar-refractivity contribution >= 4 is 17.8 Å². The highest BCUT2D eigenvalue weighted by molar-refractivity contribution is 6.19. The standard InChI is InChI=1S/C19H18N4O5/c24-15-5-6-23(19(28)17(15)18(27)22-9-16(25)26)10-12-1-3-13(4-2-12)14-7-20-11-21-8-14/h1-4,7-8,11,24H,5-6,9-10H2,(H,22,27)(H,25,26). The van der Waals surface area contributed by atoms with Crippen LogP contribution < -0.4 is 5.32 Å². The van der Waals surface area contributed by atoms with Crippen molar-refractivity contribution < 1.29 is 24.6 Å². The van der Waals surface area contributed by atoms with Crippen molar-refractivity contribution in [2.75, 3.05) is 13.1 Å². The van der Waals surface area contributed by atoms with E-state index in [0.717, 1.165) is 16.7 Å². The van der Waals surface area contributed by atoms with Crippen LogP contribution in [0.25, 0.3) is 11.1 Å². The van der Waals surface area contributed by atoms with Crippen LogP contribution in [0.5, 0.6) is 0 Å². The molecule has 0 spiro atoms. The summed E-state index contributed by atoms with van der Waals surface area (Å²) in [6.07, 6.45) is 4.98. The zero-order valence-corrected chi connectivity index (χ0v) is 14.8. The lowest BCUT2D eigenvalue weighted by molar-refractivity contribution is -0.138. The fourth-order valence-corrected chi connectivity index (χ4v) is 2.84. The van der Waals surface area contributed by atoms with Crippen molar-refractivity contribution in [1.29, 1.82) is 0 Å². The van der Waals surface area contributed by atoms with E-state index in [9.17, 15) is 19.5 Å². The maximum absolute atomic E-state index is 12.6. The van der Waals surface area contributed by atoms with Gasteiger partial charge in [-0.25, -0.2) is 9.97 Å². The minimum absolute atomic E-state index is 0.126. The number of nitrogens with one attached hydrogen (secondary N) is 1. The molecule has 0 unspecified atom stereocenters. The van der Waals surface area contributed by atoms with Crippen LogP contribution in [0.2, 0.25) is 0 Å². The van der Waals surface area contributed by atoms with Crippen molar-refractivity contribution in [3.05, 3.63) is 59.9 Å². The number of aliphatic hydroxyl groups is 1. The summed E-state index contributed by atoms with van der Waals surface area (Å²) in [6, 6.07) is 7.49. The smallest absolute Gasteiger partial charge is 0.322 e. The van der Waals surface area contributed by atoms with E-state index in [0.29, 0.717) is 0 Å². The summed E-state index contributed by atoms with van der Waals surface area (Å²) in [5.41, 5.74) is 2.24. The second-order valence-electron chi connectivity index (χ2n) is 6.20. The van der Waals surface area contributed by atoms with Crippen LogP contribution >= 0.6 is 0 Å². The minimum Gasteiger partial charge on any atom is -0.511 e. The van der Waals surface area contributed by atoms with E-state index in [4.69, 9.17) is 5.11 Å². The number of carbonyl (C=O) groups is 3. The lowest BCUT2D eigenvalue weighted by Crippen LogP contribution is -2.43. The average molecular weight is 382 g/mol. The highest BCUT2D eigenvalue weighted by atomic mass is 16.4. The zero-order valence-electron chi connectivity index (χ0n) is 14.8. The fourth-order valence-electron chi connectivity index (χ4n) is 2.84. The molecule has 1 aliphatic rings. The second-order valence-corrected chi connectivity index (χ2v) is 6.20. The van der Waals surface area contributed by atoms with E-state index < -0.39 is 29.9 Å². The number of carbonyl (C=O) groups excluding carboxylic acids is 2. The molecule has 0 saturated carbocycles. The normalized spacial score (nSPS) is 14.1. The molecule has 0 atom stereocenters. The molecule has 2 amide bonds. The second kappa shape index (κ2) is 8.30. The fraction of sp³-hybridized carbons (Fsp3) is 0.211. The number of nitrogens with zero attached hydrogens (tertiary/aromatic N) is 3. The Balaban J connectivity index is 1.70. The first-order valence-corrected chi connectivity index (χ1v) is 8.51. The van der Waals surface area contributed by atoms with Gasteiger partial charge in [-0.3, -0.25) is 14.4 Å². The van der Waals surface area contributed by atoms with Crippen molar-refractivity contribution in [1.82, 2.24) is 20.2 Å². The Morgan fingerprint density at radius 3 is 2.43 bits per heavy atom. The molecule has 3 rings (SSSR count). The number of carboxylic acid groups (broad SMARTS) is 1. The molecule has 2 aromatic rings. The molecule has 3 N–H and O–H groups in total. The summed E-state index contributed by atoms with van der Waals surface area (Å²) in [4.78, 5) is 44.7. The molecular weight excluding hydrogens is 364 g/mol. The van der Waals surface area contributed by atoms with Gasteiger partial charge in [-0.1, -0.05) is 24.3 Å². The number of hydrogen-bond acceptors (Lipinski definition) is 6. The molecule has 1 aromatic carbocycles. The van der Waals surface area contributed by atoms with Crippen LogP contribution in [-0.2, 0) is 20.9 Å². The van der Waals surface area contributed by atoms with Gasteiger partial charge in [0.2, 0.25) is 0 Å². The summed E-state index contributed by atoms with van der Waals surface area (Å²) in [6.45, 7) is -0.115. The van der Waals surface area contributed by atoms with E-state index in [1.807, 2.05) is 24.3 Å². The number of aliphatic carboxylic acids is 1. The molecule has 9 heteroatoms. The first-order valence-electron chi connectivity index (χ1n) is 8.51. The maximum Gasteiger partial charge on any atom is 0.322 e. The quantitative estimate of drug-likeness (QED) is 0.632. The summed E-state index contributed by atoms with van der Waals surface area (Å²) >= 11 is 0. The molecule has 0 radical (unpaired) electrons. The summed E-state index contributed by atoms with van der Waals surface area (Å²) < 4.78 is 0. The largest absolute Gasteiger partial charge is 0.511 e. The van der Waals surface area contributed by atoms with Gasteiger partial charge in [0.1, 0.15) is 24.2 Å². The van der Waals surface area contributed by atoms with Crippen LogP contribution in [0.15, 0.2) is 54.3 Å². The third kappa shape index (κ3) is 4.32. The molecule has 1 aromatic heterocycles. The van der Waals surface area contributed by atoms with Gasteiger partial charge in [0.25, 0.3) is 11.8 Å². The summed E-state index contributed by atoms with van der Waals surface area (Å²) in [5.74, 6) is -3.10. The highest BCUT2D eigenvalue weighted by Gasteiger charge is 2.32. The van der Waals surface area contributed by atoms with Crippen molar-refractivity contribution in [2.24, 2.45) is 0 Å². The van der Waals surface area contributed by atoms with Crippen LogP contribution in [0.4, 0.5) is 0 Å². The lowest BCUT2D eigenvalue weighted by Gasteiger charge is -2.28. The zero-order chi connectivity index (χ0) is 20.1. The van der Waals surface area contributed by atoms with Crippen LogP contribution in [-0.4, -0.2) is 56.0 Å². The molecule has 28 heavy (non-hydrogen) atoms. The number of aromatic nitrogens is 2. The van der Waals surface area contributed by atoms with Gasteiger partial charge in [0.15, 0.2) is 0 Å². The van der Waals surface area contributed by atoms with Crippen molar-refractivity contribution in [2.45, 2.75) is 13.0 Å². The predicted molar refractivity (Wildman–Crippen MR) is 97.8 cm³/mol. The van der Waals surface area contributed by atoms with Gasteiger partial charge >= 0.3 is 5.97 Å². The molecule has 0 fully saturated rings. The third-order valence-electron chi connectivity index (χ3n) is 4.26. The minimum atomic E-state index is -1.24. The van der Waals surface area contributed by atoms with Crippen molar-refractivity contribution in [3.63, 3.8) is 0 Å². The molecule has 0 aliphatic carbocycles. The molecule has 2 heterocycles. The molecule has 9 nitrogen and oxygen atoms in total. The van der Waals surface area contributed by atoms with E-state index in [2.05, 4.69) is 15.3 Å². The van der Waals surface area contributed by atoms with Crippen LogP contribution in [0.3, 0.4) is 0 Å². The molecular formula is C19H18N4O5. The topological polar surface area (TPSA) is 133 Å². The number of amides is 2. The molecule has 0 bridgehead atoms. The molecule has 1 aliphatic heterocycles. The first-order chi connectivity index (χ1) is 13.5. The van der Waals surface area contributed by atoms with Gasteiger partial charge in [-0.15, -0.1) is 0 Å². The van der Waals surface area contributed by atoms with E-state index in [-0.39, 0.29) is 25.3 Å². The summed E-state index contributed by atoms with van der Waals surface area (Å²) in [7, 11) is 0. The van der Waals surface area contributed by atoms with E-state index >= 15 is 0 Å². The lowest BCUT2D eigenvalue weighted by atomic mass is 10.0. The summed E-state index contributed by atoms with van der Waals surface area (Å²) in [5, 5.41) is 20.7. The van der Waals surface area contributed by atoms with Crippen molar-refractivity contribution in [3.8, 4) is 11.1 Å². The van der Waals surface area contributed by atoms with Gasteiger partial charge in [0.05, 0.1) is 0 Å². The van der Waals surface area contributed by atoms with Gasteiger partial charge in [0, 0.05) is 37.5 Å². The van der Waals surface area contributed by atoms with Crippen LogP contribution in [0.1, 0.15) is 12.0 Å². The number of rotatable bonds is 6. The average Bonchev–Trinajstić information content (AvgIpc) is 2.70. The maximum atomic E-state index is 12.6. The Morgan fingerprint density at radius 2 is 1.79 bits per heavy atom. The first kappa shape index (κ1) is 19.0. The van der Waals surface area contributed by atoms with Gasteiger partial charge in [-0.2, -0.15) is 0 Å². The number of hydrogen-bond donors (Lipinski definition) is 3. The van der Waals surface area contributed by atoms with Crippen LogP contribution in [0, 0.1) is 0 Å². The van der Waals surface area contributed by atoms with Gasteiger partial charge < -0.3 is 20.4 Å². The Bertz CT molecular complexity index is 925. The number of carboxylic acids is 1. The Kier molecular flexibility index (Phi) is 5.64. The number of aliphatic hydroxyl groups excluding tert-OH is 1. The molecule has 0 saturated heterocycles. The van der Waals surface area contributed by atoms with E-state index in [1.54, 1.807) is 12.4 Å². The Hall–Kier alpha value is -3.75.